The first-order chi connectivity index (χ1) is 12.3. The van der Waals surface area contributed by atoms with Crippen LogP contribution >= 0.6 is 0 Å². The molecule has 7 nitrogen and oxygen atoms in total. The third kappa shape index (κ3) is 5.40. The van der Waals surface area contributed by atoms with Crippen molar-refractivity contribution in [2.75, 3.05) is 23.3 Å². The highest BCUT2D eigenvalue weighted by Gasteiger charge is 2.16. The average molecular weight is 375 g/mol. The Kier molecular flexibility index (Phi) is 6.48. The number of carbonyl (C=O) groups excluding carboxylic acids is 2. The van der Waals surface area contributed by atoms with Crippen LogP contribution in [0.4, 0.5) is 11.4 Å². The Balaban J connectivity index is 2.08. The number of nitrogens with zero attached hydrogens (tertiary/aromatic N) is 1. The van der Waals surface area contributed by atoms with Gasteiger partial charge in [-0.15, -0.1) is 0 Å². The summed E-state index contributed by atoms with van der Waals surface area (Å²) in [4.78, 5) is 24.8. The maximum Gasteiger partial charge on any atom is 0.240 e. The smallest absolute Gasteiger partial charge is 0.240 e. The number of nitrogens with one attached hydrogen (secondary N) is 2. The number of rotatable bonds is 7. The van der Waals surface area contributed by atoms with Gasteiger partial charge < -0.3 is 10.2 Å². The van der Waals surface area contributed by atoms with Crippen LogP contribution in [-0.2, 0) is 19.6 Å². The second-order valence-electron chi connectivity index (χ2n) is 5.61. The van der Waals surface area contributed by atoms with Crippen LogP contribution in [0.25, 0.3) is 0 Å². The lowest BCUT2D eigenvalue weighted by atomic mass is 10.2. The monoisotopic (exact) mass is 375 g/mol. The molecule has 2 rings (SSSR count). The Hall–Kier alpha value is -2.71. The fraction of sp³-hybridized carbons (Fsp3) is 0.222. The highest BCUT2D eigenvalue weighted by Crippen LogP contribution is 2.19. The second-order valence-corrected chi connectivity index (χ2v) is 7.38. The van der Waals surface area contributed by atoms with Crippen molar-refractivity contribution in [1.29, 1.82) is 0 Å². The van der Waals surface area contributed by atoms with E-state index in [9.17, 15) is 18.0 Å². The van der Waals surface area contributed by atoms with Crippen LogP contribution in [0, 0.1) is 0 Å². The molecule has 138 valence electrons. The van der Waals surface area contributed by atoms with Gasteiger partial charge in [0.05, 0.1) is 4.90 Å². The van der Waals surface area contributed by atoms with Crippen molar-refractivity contribution in [1.82, 2.24) is 4.72 Å². The molecule has 0 aromatic heterocycles. The number of sulfonamides is 1. The zero-order valence-electron chi connectivity index (χ0n) is 14.6. The first-order valence-electron chi connectivity index (χ1n) is 8.00. The van der Waals surface area contributed by atoms with Gasteiger partial charge in [-0.2, -0.15) is 0 Å². The lowest BCUT2D eigenvalue weighted by Gasteiger charge is -2.22. The van der Waals surface area contributed by atoms with Crippen molar-refractivity contribution in [2.45, 2.75) is 18.7 Å². The van der Waals surface area contributed by atoms with Crippen molar-refractivity contribution in [3.8, 4) is 0 Å². The van der Waals surface area contributed by atoms with Crippen LogP contribution in [0.15, 0.2) is 59.5 Å². The molecule has 0 radical (unpaired) electrons. The molecular weight excluding hydrogens is 354 g/mol. The van der Waals surface area contributed by atoms with E-state index in [1.165, 1.54) is 30.9 Å². The van der Waals surface area contributed by atoms with Crippen molar-refractivity contribution in [3.63, 3.8) is 0 Å². The summed E-state index contributed by atoms with van der Waals surface area (Å²) >= 11 is 0. The molecule has 2 aromatic rings. The highest BCUT2D eigenvalue weighted by molar-refractivity contribution is 7.89. The lowest BCUT2D eigenvalue weighted by molar-refractivity contribution is -0.116. The Morgan fingerprint density at radius 2 is 1.69 bits per heavy atom. The van der Waals surface area contributed by atoms with Gasteiger partial charge in [-0.05, 0) is 30.3 Å². The molecule has 0 spiro atoms. The third-order valence-electron chi connectivity index (χ3n) is 3.54. The van der Waals surface area contributed by atoms with E-state index in [0.717, 1.165) is 0 Å². The highest BCUT2D eigenvalue weighted by atomic mass is 32.2. The minimum absolute atomic E-state index is 0.0567. The standard InChI is InChI=1S/C18H21N3O4S/c1-14(22)20-16-7-6-8-17(13-16)21(15(2)23)12-11-19-26(24,25)18-9-4-3-5-10-18/h3-10,13,19H,11-12H2,1-2H3,(H,20,22). The molecule has 0 fully saturated rings. The van der Waals surface area contributed by atoms with E-state index < -0.39 is 10.0 Å². The molecule has 0 saturated carbocycles. The maximum absolute atomic E-state index is 12.2. The number of hydrogen-bond donors (Lipinski definition) is 2. The van der Waals surface area contributed by atoms with Crippen molar-refractivity contribution < 1.29 is 18.0 Å². The van der Waals surface area contributed by atoms with Gasteiger partial charge in [0.15, 0.2) is 0 Å². The van der Waals surface area contributed by atoms with Crippen LogP contribution < -0.4 is 14.9 Å². The van der Waals surface area contributed by atoms with E-state index in [2.05, 4.69) is 10.0 Å². The SMILES string of the molecule is CC(=O)Nc1cccc(N(CCNS(=O)(=O)c2ccccc2)C(C)=O)c1. The number of hydrogen-bond acceptors (Lipinski definition) is 4. The Labute approximate surface area is 153 Å². The van der Waals surface area contributed by atoms with Gasteiger partial charge in [0.2, 0.25) is 21.8 Å². The summed E-state index contributed by atoms with van der Waals surface area (Å²) in [7, 11) is -3.63. The molecule has 0 atom stereocenters. The quantitative estimate of drug-likeness (QED) is 0.773. The summed E-state index contributed by atoms with van der Waals surface area (Å²) in [6.45, 7) is 3.01. The van der Waals surface area contributed by atoms with Gasteiger partial charge >= 0.3 is 0 Å². The summed E-state index contributed by atoms with van der Waals surface area (Å²) < 4.78 is 27.0. The summed E-state index contributed by atoms with van der Waals surface area (Å²) in [5.41, 5.74) is 1.13. The number of carbonyl (C=O) groups is 2. The van der Waals surface area contributed by atoms with Crippen LogP contribution in [0.1, 0.15) is 13.8 Å². The topological polar surface area (TPSA) is 95.6 Å². The minimum atomic E-state index is -3.63. The van der Waals surface area contributed by atoms with Gasteiger partial charge in [0.1, 0.15) is 0 Å². The maximum atomic E-state index is 12.2. The molecule has 2 aromatic carbocycles. The first-order valence-corrected chi connectivity index (χ1v) is 9.48. The van der Waals surface area contributed by atoms with Crippen LogP contribution in [0.3, 0.4) is 0 Å². The number of anilines is 2. The zero-order chi connectivity index (χ0) is 19.2. The molecule has 0 saturated heterocycles. The Morgan fingerprint density at radius 1 is 1.00 bits per heavy atom. The fourth-order valence-electron chi connectivity index (χ4n) is 2.40. The van der Waals surface area contributed by atoms with Gasteiger partial charge in [0.25, 0.3) is 0 Å². The third-order valence-corrected chi connectivity index (χ3v) is 5.02. The second kappa shape index (κ2) is 8.59. The predicted molar refractivity (Wildman–Crippen MR) is 100 cm³/mol. The van der Waals surface area contributed by atoms with Gasteiger partial charge in [-0.25, -0.2) is 13.1 Å². The molecule has 2 amide bonds. The largest absolute Gasteiger partial charge is 0.326 e. The Bertz CT molecular complexity index is 882. The molecule has 0 aliphatic carbocycles. The molecule has 0 aliphatic rings. The molecule has 26 heavy (non-hydrogen) atoms. The Morgan fingerprint density at radius 3 is 2.31 bits per heavy atom. The first kappa shape index (κ1) is 19.6. The van der Waals surface area contributed by atoms with E-state index in [1.807, 2.05) is 0 Å². The van der Waals surface area contributed by atoms with Crippen molar-refractivity contribution in [3.05, 3.63) is 54.6 Å². The van der Waals surface area contributed by atoms with Crippen molar-refractivity contribution in [2.24, 2.45) is 0 Å². The number of benzene rings is 2. The van der Waals surface area contributed by atoms with Crippen LogP contribution in [-0.4, -0.2) is 33.3 Å². The summed E-state index contributed by atoms with van der Waals surface area (Å²) in [5.74, 6) is -0.448. The number of amides is 2. The minimum Gasteiger partial charge on any atom is -0.326 e. The molecule has 0 heterocycles. The molecule has 0 unspecified atom stereocenters. The fourth-order valence-corrected chi connectivity index (χ4v) is 3.44. The van der Waals surface area contributed by atoms with Crippen LogP contribution in [0.5, 0.6) is 0 Å². The van der Waals surface area contributed by atoms with E-state index in [0.29, 0.717) is 11.4 Å². The summed E-state index contributed by atoms with van der Waals surface area (Å²) in [6, 6.07) is 14.8. The molecule has 8 heteroatoms. The van der Waals surface area contributed by atoms with E-state index in [4.69, 9.17) is 0 Å². The average Bonchev–Trinajstić information content (AvgIpc) is 2.59. The molecular formula is C18H21N3O4S. The van der Waals surface area contributed by atoms with E-state index in [1.54, 1.807) is 42.5 Å². The molecule has 0 bridgehead atoms. The summed E-state index contributed by atoms with van der Waals surface area (Å²) in [5, 5.41) is 2.65. The van der Waals surface area contributed by atoms with Gasteiger partial charge in [-0.3, -0.25) is 9.59 Å². The normalized spacial score (nSPS) is 11.0. The van der Waals surface area contributed by atoms with Gasteiger partial charge in [0, 0.05) is 38.3 Å². The van der Waals surface area contributed by atoms with E-state index in [-0.39, 0.29) is 29.8 Å². The molecule has 0 aliphatic heterocycles. The predicted octanol–water partition coefficient (Wildman–Crippen LogP) is 1.98. The van der Waals surface area contributed by atoms with Gasteiger partial charge in [-0.1, -0.05) is 24.3 Å². The van der Waals surface area contributed by atoms with E-state index >= 15 is 0 Å². The van der Waals surface area contributed by atoms with Crippen LogP contribution in [0.2, 0.25) is 0 Å². The summed E-state index contributed by atoms with van der Waals surface area (Å²) in [6.07, 6.45) is 0. The molecule has 2 N–H and O–H groups in total. The van der Waals surface area contributed by atoms with Crippen molar-refractivity contribution >= 4 is 33.2 Å². The lowest BCUT2D eigenvalue weighted by Crippen LogP contribution is -2.37. The zero-order valence-corrected chi connectivity index (χ0v) is 15.4.